The molecule has 0 aliphatic heterocycles. The second-order valence-corrected chi connectivity index (χ2v) is 1.34. The van der Waals surface area contributed by atoms with Crippen molar-refractivity contribution in [3.63, 3.8) is 0 Å². The van der Waals surface area contributed by atoms with Gasteiger partial charge in [-0.25, -0.2) is 0 Å². The molecule has 24 nitrogen and oxygen atoms in total. The third-order valence-electron chi connectivity index (χ3n) is 0. The van der Waals surface area contributed by atoms with Crippen molar-refractivity contribution in [1.82, 2.24) is 0 Å². The van der Waals surface area contributed by atoms with Gasteiger partial charge in [-0.05, 0) is 0 Å². The van der Waals surface area contributed by atoms with Gasteiger partial charge >= 0.3 is 34.7 Å². The first kappa shape index (κ1) is 49.5. The van der Waals surface area contributed by atoms with Crippen LogP contribution in [0, 0.1) is 91.9 Å². The summed E-state index contributed by atoms with van der Waals surface area (Å²) in [6, 6.07) is 0. The molecule has 0 unspecified atom stereocenters. The van der Waals surface area contributed by atoms with Crippen LogP contribution in [0.15, 0.2) is 0 Å². The van der Waals surface area contributed by atoms with Crippen molar-refractivity contribution in [2.45, 2.75) is 0 Å². The minimum atomic E-state index is -1.75. The Morgan fingerprint density at radius 2 is 0.308 bits per heavy atom. The van der Waals surface area contributed by atoms with E-state index in [1.165, 1.54) is 0 Å². The molecule has 0 rings (SSSR count). The third-order valence-corrected chi connectivity index (χ3v) is 0. The first-order valence-corrected chi connectivity index (χ1v) is 3.29. The van der Waals surface area contributed by atoms with E-state index in [1.54, 1.807) is 0 Å². The summed E-state index contributed by atoms with van der Waals surface area (Å²) in [4.78, 5) is 49.5. The normalized spacial score (nSPS) is 5.54. The van der Waals surface area contributed by atoms with Gasteiger partial charge in [0.05, 0.1) is 30.5 Å². The van der Waals surface area contributed by atoms with Crippen molar-refractivity contribution in [3.8, 4) is 0 Å². The molecule has 0 aromatic carbocycles. The third kappa shape index (κ3) is 539. The van der Waals surface area contributed by atoms with Crippen LogP contribution in [-0.2, 0) is 17.4 Å². The summed E-state index contributed by atoms with van der Waals surface area (Å²) >= 11 is 0. The molecule has 0 amide bonds. The largest absolute Gasteiger partial charge is 3.00 e. The summed E-state index contributed by atoms with van der Waals surface area (Å²) in [7, 11) is 0. The zero-order chi connectivity index (χ0) is 21.5. The molecule has 0 aromatic heterocycles. The summed E-state index contributed by atoms with van der Waals surface area (Å²) in [6.07, 6.45) is 0. The molecule has 0 fully saturated rings. The summed E-state index contributed by atoms with van der Waals surface area (Å²) in [5.41, 5.74) is 0. The van der Waals surface area contributed by atoms with Gasteiger partial charge in [-0.3, -0.25) is 0 Å². The Kier molecular flexibility index (Phi) is 81.7. The van der Waals surface area contributed by atoms with E-state index in [9.17, 15) is 0 Å². The predicted molar refractivity (Wildman–Crippen MR) is 67.9 cm³/mol. The van der Waals surface area contributed by atoms with Gasteiger partial charge in [0.1, 0.15) is 0 Å². The van der Waals surface area contributed by atoms with Crippen LogP contribution >= 0.6 is 0 Å². The predicted octanol–water partition coefficient (Wildman–Crippen LogP) is -1.82. The molecule has 0 saturated heterocycles. The minimum Gasteiger partial charge on any atom is -0.356 e. The molecule has 0 spiro atoms. The van der Waals surface area contributed by atoms with Crippen molar-refractivity contribution < 1.29 is 47.9 Å². The average molecular weight is 451 g/mol. The molecule has 0 aliphatic carbocycles. The first-order chi connectivity index (χ1) is 10.4. The molecule has 147 valence electrons. The zero-order valence-corrected chi connectivity index (χ0v) is 13.4. The summed E-state index contributed by atoms with van der Waals surface area (Å²) in [5, 5.41) is 88.5. The van der Waals surface area contributed by atoms with E-state index in [0.717, 1.165) is 0 Å². The molecule has 0 atom stereocenters. The van der Waals surface area contributed by atoms with Crippen LogP contribution in [0.3, 0.4) is 0 Å². The standard InChI is InChI=1S/Al.Cr.6NO3/c;;6*2-1(3)4/q2*+3;6*-1. The molecule has 0 heterocycles. The van der Waals surface area contributed by atoms with E-state index in [1.807, 2.05) is 0 Å². The maximum Gasteiger partial charge on any atom is 3.00 e. The fraction of sp³-hybridized carbons (Fsp3) is 0. The second-order valence-electron chi connectivity index (χ2n) is 1.34. The maximum atomic E-state index is 8.25. The number of nitrogens with zero attached hydrogens (tertiary/aromatic N) is 6. The summed E-state index contributed by atoms with van der Waals surface area (Å²) in [5.74, 6) is 0. The molecule has 0 saturated carbocycles. The molecule has 0 N–H and O–H groups in total. The summed E-state index contributed by atoms with van der Waals surface area (Å²) < 4.78 is 0. The maximum absolute atomic E-state index is 8.25. The molecule has 0 aliphatic rings. The summed E-state index contributed by atoms with van der Waals surface area (Å²) in [6.45, 7) is 0. The van der Waals surface area contributed by atoms with Crippen LogP contribution in [-0.4, -0.2) is 47.9 Å². The van der Waals surface area contributed by atoms with E-state index in [0.29, 0.717) is 0 Å². The van der Waals surface area contributed by atoms with E-state index < -0.39 is 30.5 Å². The van der Waals surface area contributed by atoms with Gasteiger partial charge in [-0.2, -0.15) is 0 Å². The van der Waals surface area contributed by atoms with Crippen molar-refractivity contribution in [2.75, 3.05) is 0 Å². The van der Waals surface area contributed by atoms with Crippen LogP contribution in [0.25, 0.3) is 0 Å². The Morgan fingerprint density at radius 1 is 0.308 bits per heavy atom. The quantitative estimate of drug-likeness (QED) is 0.222. The SMILES string of the molecule is O=[N+]([O-])[O-].O=[N+]([O-])[O-].O=[N+]([O-])[O-].O=[N+]([O-])[O-].O=[N+]([O-])[O-].O=[N+]([O-])[O-].[Al+3].[Cr+3]. The van der Waals surface area contributed by atoms with Gasteiger partial charge in [-0.15, -0.1) is 0 Å². The van der Waals surface area contributed by atoms with Crippen molar-refractivity contribution in [3.05, 3.63) is 91.9 Å². The molecule has 0 aromatic rings. The zero-order valence-electron chi connectivity index (χ0n) is 11.0. The van der Waals surface area contributed by atoms with Crippen molar-refractivity contribution in [1.29, 1.82) is 0 Å². The van der Waals surface area contributed by atoms with Gasteiger partial charge in [0, 0.05) is 0 Å². The van der Waals surface area contributed by atoms with Gasteiger partial charge in [0.15, 0.2) is 0 Å². The van der Waals surface area contributed by atoms with E-state index in [2.05, 4.69) is 0 Å². The Labute approximate surface area is 158 Å². The van der Waals surface area contributed by atoms with Crippen LogP contribution in [0.1, 0.15) is 0 Å². The molecule has 26 heteroatoms. The Hall–Kier alpha value is -3.74. The fourth-order valence-corrected chi connectivity index (χ4v) is 0. The first-order valence-electron chi connectivity index (χ1n) is 3.29. The Morgan fingerprint density at radius 3 is 0.308 bits per heavy atom. The van der Waals surface area contributed by atoms with E-state index in [4.69, 9.17) is 91.9 Å². The van der Waals surface area contributed by atoms with Gasteiger partial charge in [-0.1, -0.05) is 0 Å². The Balaban J connectivity index is -0.0000000245. The smallest absolute Gasteiger partial charge is 0.356 e. The van der Waals surface area contributed by atoms with Crippen LogP contribution < -0.4 is 0 Å². The average Bonchev–Trinajstić information content (AvgIpc) is 2.08. The van der Waals surface area contributed by atoms with E-state index >= 15 is 0 Å². The molecule has 26 heavy (non-hydrogen) atoms. The van der Waals surface area contributed by atoms with Crippen molar-refractivity contribution in [2.24, 2.45) is 0 Å². The van der Waals surface area contributed by atoms with Gasteiger partial charge in [0.2, 0.25) is 0 Å². The molecular weight excluding hydrogens is 451 g/mol. The van der Waals surface area contributed by atoms with Gasteiger partial charge in [0.25, 0.3) is 0 Å². The fourth-order valence-electron chi connectivity index (χ4n) is 0. The van der Waals surface area contributed by atoms with Crippen LogP contribution in [0.2, 0.25) is 0 Å². The number of hydrogen-bond donors (Lipinski definition) is 0. The molecule has 0 bridgehead atoms. The van der Waals surface area contributed by atoms with Crippen molar-refractivity contribution >= 4 is 17.4 Å². The Bertz CT molecular complexity index is 263. The molecule has 1 radical (unpaired) electrons. The number of rotatable bonds is 0. The van der Waals surface area contributed by atoms with Crippen LogP contribution in [0.5, 0.6) is 0 Å². The topological polar surface area (TPSA) is 397 Å². The van der Waals surface area contributed by atoms with Crippen LogP contribution in [0.4, 0.5) is 0 Å². The number of hydrogen-bond acceptors (Lipinski definition) is 18. The monoisotopic (exact) mass is 451 g/mol. The van der Waals surface area contributed by atoms with Gasteiger partial charge < -0.3 is 91.9 Å². The minimum absolute atomic E-state index is 0. The second kappa shape index (κ2) is 42.9. The molecular formula is AlCrN6O18. The van der Waals surface area contributed by atoms with E-state index in [-0.39, 0.29) is 34.7 Å².